The number of hydrogen-bond donors (Lipinski definition) is 1. The molecule has 2 heterocycles. The second-order valence-electron chi connectivity index (χ2n) is 5.22. The number of anilines is 1. The summed E-state index contributed by atoms with van der Waals surface area (Å²) in [5, 5.41) is 5.08. The van der Waals surface area contributed by atoms with Gasteiger partial charge in [0, 0.05) is 5.69 Å². The second kappa shape index (κ2) is 5.06. The predicted octanol–water partition coefficient (Wildman–Crippen LogP) is 2.83. The van der Waals surface area contributed by atoms with Gasteiger partial charge in [-0.05, 0) is 51.0 Å². The van der Waals surface area contributed by atoms with E-state index in [4.69, 9.17) is 0 Å². The van der Waals surface area contributed by atoms with E-state index in [1.807, 2.05) is 32.9 Å². The van der Waals surface area contributed by atoms with Crippen molar-refractivity contribution in [3.63, 3.8) is 0 Å². The van der Waals surface area contributed by atoms with Crippen LogP contribution in [0, 0.1) is 27.7 Å². The van der Waals surface area contributed by atoms with E-state index in [0.29, 0.717) is 16.3 Å². The molecule has 1 N–H and O–H groups in total. The molecule has 0 aliphatic rings. The van der Waals surface area contributed by atoms with Crippen LogP contribution in [-0.2, 0) is 10.0 Å². The van der Waals surface area contributed by atoms with Crippen LogP contribution in [-0.4, -0.2) is 23.0 Å². The number of aromatic nitrogens is 3. The molecule has 0 bridgehead atoms. The first-order valence-corrected chi connectivity index (χ1v) is 9.01. The van der Waals surface area contributed by atoms with E-state index in [-0.39, 0.29) is 5.03 Å². The minimum atomic E-state index is -3.75. The quantitative estimate of drug-likeness (QED) is 0.798. The lowest BCUT2D eigenvalue weighted by molar-refractivity contribution is 0.592. The van der Waals surface area contributed by atoms with E-state index in [0.717, 1.165) is 16.1 Å². The molecule has 0 atom stereocenters. The maximum Gasteiger partial charge on any atom is 0.281 e. The van der Waals surface area contributed by atoms with Crippen molar-refractivity contribution in [3.8, 4) is 0 Å². The zero-order valence-electron chi connectivity index (χ0n) is 12.7. The van der Waals surface area contributed by atoms with Crippen molar-refractivity contribution in [1.82, 2.24) is 14.6 Å². The molecule has 1 aromatic carbocycles. The van der Waals surface area contributed by atoms with Crippen LogP contribution in [0.5, 0.6) is 0 Å². The maximum absolute atomic E-state index is 12.7. The fraction of sp³-hybridized carbons (Fsp3) is 0.286. The largest absolute Gasteiger partial charge is 0.281 e. The normalized spacial score (nSPS) is 12.0. The van der Waals surface area contributed by atoms with Gasteiger partial charge < -0.3 is 0 Å². The van der Waals surface area contributed by atoms with Gasteiger partial charge in [-0.15, -0.1) is 0 Å². The molecular formula is C14H16N4O2S2. The third kappa shape index (κ3) is 2.48. The highest BCUT2D eigenvalue weighted by Gasteiger charge is 2.25. The zero-order valence-corrected chi connectivity index (χ0v) is 14.3. The summed E-state index contributed by atoms with van der Waals surface area (Å²) >= 11 is 1.36. The minimum absolute atomic E-state index is 0.0880. The molecule has 0 radical (unpaired) electrons. The molecule has 0 saturated heterocycles. The Bertz CT molecular complexity index is 970. The highest BCUT2D eigenvalue weighted by molar-refractivity contribution is 7.92. The minimum Gasteiger partial charge on any atom is -0.278 e. The van der Waals surface area contributed by atoms with Crippen molar-refractivity contribution in [1.29, 1.82) is 0 Å². The Balaban J connectivity index is 2.07. The summed E-state index contributed by atoms with van der Waals surface area (Å²) in [6, 6.07) is 5.45. The average Bonchev–Trinajstić information content (AvgIpc) is 2.87. The molecule has 0 fully saturated rings. The molecular weight excluding hydrogens is 320 g/mol. The molecule has 0 aliphatic heterocycles. The van der Waals surface area contributed by atoms with Crippen LogP contribution in [0.2, 0.25) is 0 Å². The van der Waals surface area contributed by atoms with Gasteiger partial charge in [0.15, 0.2) is 0 Å². The Hall–Kier alpha value is -1.93. The van der Waals surface area contributed by atoms with E-state index < -0.39 is 10.0 Å². The number of nitrogens with one attached hydrogen (secondary N) is 1. The van der Waals surface area contributed by atoms with Gasteiger partial charge in [0.05, 0.1) is 5.69 Å². The van der Waals surface area contributed by atoms with Crippen LogP contribution in [0.15, 0.2) is 23.2 Å². The lowest BCUT2D eigenvalue weighted by atomic mass is 10.1. The highest BCUT2D eigenvalue weighted by atomic mass is 32.2. The van der Waals surface area contributed by atoms with Crippen molar-refractivity contribution < 1.29 is 8.42 Å². The molecule has 3 aromatic rings. The molecule has 116 valence electrons. The lowest BCUT2D eigenvalue weighted by Gasteiger charge is -2.09. The summed E-state index contributed by atoms with van der Waals surface area (Å²) in [6.45, 7) is 7.42. The average molecular weight is 336 g/mol. The number of aryl methyl sites for hydroxylation is 4. The van der Waals surface area contributed by atoms with E-state index in [2.05, 4.69) is 14.8 Å². The standard InChI is InChI=1S/C14H16N4O2S2/c1-8-5-6-12(7-9(8)2)17-22(19,20)13-10(3)15-14-18(13)16-11(4)21-14/h5-7,17H,1-4H3. The number of fused-ring (bicyclic) bond motifs is 1. The first-order chi connectivity index (χ1) is 10.3. The molecule has 2 aromatic heterocycles. The first kappa shape index (κ1) is 15.0. The Labute approximate surface area is 132 Å². The summed E-state index contributed by atoms with van der Waals surface area (Å²) in [5.41, 5.74) is 3.11. The third-order valence-electron chi connectivity index (χ3n) is 3.44. The zero-order chi connectivity index (χ0) is 16.1. The van der Waals surface area contributed by atoms with Crippen molar-refractivity contribution in [2.75, 3.05) is 4.72 Å². The number of rotatable bonds is 3. The van der Waals surface area contributed by atoms with Crippen LogP contribution in [0.1, 0.15) is 21.8 Å². The first-order valence-electron chi connectivity index (χ1n) is 6.71. The van der Waals surface area contributed by atoms with E-state index in [1.165, 1.54) is 15.9 Å². The monoisotopic (exact) mass is 336 g/mol. The van der Waals surface area contributed by atoms with Crippen LogP contribution >= 0.6 is 11.3 Å². The Morgan fingerprint density at radius 2 is 1.86 bits per heavy atom. The van der Waals surface area contributed by atoms with Gasteiger partial charge >= 0.3 is 0 Å². The summed E-state index contributed by atoms with van der Waals surface area (Å²) < 4.78 is 29.4. The fourth-order valence-corrected chi connectivity index (χ4v) is 4.41. The van der Waals surface area contributed by atoms with Gasteiger partial charge in [0.1, 0.15) is 5.01 Å². The summed E-state index contributed by atoms with van der Waals surface area (Å²) in [7, 11) is -3.75. The fourth-order valence-electron chi connectivity index (χ4n) is 2.24. The molecule has 8 heteroatoms. The molecule has 0 unspecified atom stereocenters. The Morgan fingerprint density at radius 3 is 2.55 bits per heavy atom. The van der Waals surface area contributed by atoms with Crippen LogP contribution in [0.4, 0.5) is 5.69 Å². The van der Waals surface area contributed by atoms with Gasteiger partial charge in [0.25, 0.3) is 10.0 Å². The van der Waals surface area contributed by atoms with Crippen molar-refractivity contribution >= 4 is 32.0 Å². The van der Waals surface area contributed by atoms with E-state index in [1.54, 1.807) is 13.0 Å². The number of benzene rings is 1. The Morgan fingerprint density at radius 1 is 1.14 bits per heavy atom. The maximum atomic E-state index is 12.7. The number of sulfonamides is 1. The third-order valence-corrected chi connectivity index (χ3v) is 5.75. The highest BCUT2D eigenvalue weighted by Crippen LogP contribution is 2.24. The molecule has 6 nitrogen and oxygen atoms in total. The van der Waals surface area contributed by atoms with Crippen LogP contribution in [0.3, 0.4) is 0 Å². The Kier molecular flexibility index (Phi) is 3.45. The van der Waals surface area contributed by atoms with Crippen LogP contribution in [0.25, 0.3) is 4.96 Å². The van der Waals surface area contributed by atoms with Gasteiger partial charge in [-0.3, -0.25) is 4.72 Å². The predicted molar refractivity (Wildman–Crippen MR) is 87.1 cm³/mol. The van der Waals surface area contributed by atoms with E-state index >= 15 is 0 Å². The van der Waals surface area contributed by atoms with Crippen molar-refractivity contribution in [3.05, 3.63) is 40.0 Å². The molecule has 0 aliphatic carbocycles. The van der Waals surface area contributed by atoms with Gasteiger partial charge in [-0.25, -0.2) is 4.98 Å². The van der Waals surface area contributed by atoms with Crippen molar-refractivity contribution in [2.45, 2.75) is 32.7 Å². The molecule has 0 spiro atoms. The number of nitrogens with zero attached hydrogens (tertiary/aromatic N) is 3. The van der Waals surface area contributed by atoms with Crippen LogP contribution < -0.4 is 4.72 Å². The SMILES string of the molecule is Cc1nn2c(S(=O)(=O)Nc3ccc(C)c(C)c3)c(C)nc2s1. The molecule has 0 amide bonds. The summed E-state index contributed by atoms with van der Waals surface area (Å²) in [4.78, 5) is 4.85. The lowest BCUT2D eigenvalue weighted by Crippen LogP contribution is -2.16. The summed E-state index contributed by atoms with van der Waals surface area (Å²) in [5.74, 6) is 0. The van der Waals surface area contributed by atoms with Crippen molar-refractivity contribution in [2.24, 2.45) is 0 Å². The molecule has 3 rings (SSSR count). The number of imidazole rings is 1. The smallest absolute Gasteiger partial charge is 0.278 e. The number of hydrogen-bond acceptors (Lipinski definition) is 5. The van der Waals surface area contributed by atoms with E-state index in [9.17, 15) is 8.42 Å². The van der Waals surface area contributed by atoms with Gasteiger partial charge in [0.2, 0.25) is 9.99 Å². The summed E-state index contributed by atoms with van der Waals surface area (Å²) in [6.07, 6.45) is 0. The second-order valence-corrected chi connectivity index (χ2v) is 7.98. The molecule has 0 saturated carbocycles. The van der Waals surface area contributed by atoms with Gasteiger partial charge in [-0.1, -0.05) is 17.4 Å². The van der Waals surface area contributed by atoms with Gasteiger partial charge in [-0.2, -0.15) is 18.0 Å². The topological polar surface area (TPSA) is 76.4 Å². The molecule has 22 heavy (non-hydrogen) atoms.